The average Bonchev–Trinajstić information content (AvgIpc) is 3.08. The van der Waals surface area contributed by atoms with Gasteiger partial charge in [0.2, 0.25) is 0 Å². The van der Waals surface area contributed by atoms with Gasteiger partial charge in [-0.3, -0.25) is 4.21 Å². The number of nitrogens with zero attached hydrogens (tertiary/aromatic N) is 2. The van der Waals surface area contributed by atoms with Crippen molar-refractivity contribution < 1.29 is 4.21 Å². The van der Waals surface area contributed by atoms with Gasteiger partial charge in [0.05, 0.1) is 23.1 Å². The number of aryl methyl sites for hydroxylation is 1. The summed E-state index contributed by atoms with van der Waals surface area (Å²) in [7, 11) is -1.03. The molecule has 3 aromatic rings. The van der Waals surface area contributed by atoms with Gasteiger partial charge in [0.15, 0.2) is 0 Å². The van der Waals surface area contributed by atoms with Gasteiger partial charge in [-0.25, -0.2) is 4.98 Å². The number of hydrogen-bond donors (Lipinski definition) is 1. The SMILES string of the molecule is CCn1ccnc1CNc1cccc(C[S@@](=O)c2ccccc2)c1. The zero-order chi connectivity index (χ0) is 16.8. The van der Waals surface area contributed by atoms with Crippen LogP contribution in [0, 0.1) is 0 Å². The molecule has 0 saturated heterocycles. The highest BCUT2D eigenvalue weighted by Gasteiger charge is 2.06. The van der Waals surface area contributed by atoms with Crippen molar-refractivity contribution in [2.24, 2.45) is 0 Å². The Morgan fingerprint density at radius 2 is 1.96 bits per heavy atom. The topological polar surface area (TPSA) is 46.9 Å². The van der Waals surface area contributed by atoms with Crippen LogP contribution in [0.2, 0.25) is 0 Å². The summed E-state index contributed by atoms with van der Waals surface area (Å²) in [4.78, 5) is 5.23. The Kier molecular flexibility index (Phi) is 5.43. The van der Waals surface area contributed by atoms with E-state index >= 15 is 0 Å². The molecule has 0 bridgehead atoms. The van der Waals surface area contributed by atoms with Crippen LogP contribution in [0.3, 0.4) is 0 Å². The maximum absolute atomic E-state index is 12.4. The average molecular weight is 339 g/mol. The van der Waals surface area contributed by atoms with E-state index in [4.69, 9.17) is 0 Å². The molecule has 1 heterocycles. The van der Waals surface area contributed by atoms with E-state index in [9.17, 15) is 4.21 Å². The number of anilines is 1. The first kappa shape index (κ1) is 16.5. The minimum Gasteiger partial charge on any atom is -0.378 e. The maximum atomic E-state index is 12.4. The van der Waals surface area contributed by atoms with E-state index in [0.717, 1.165) is 28.5 Å². The highest BCUT2D eigenvalue weighted by molar-refractivity contribution is 7.84. The van der Waals surface area contributed by atoms with Crippen LogP contribution in [0.15, 0.2) is 71.9 Å². The fourth-order valence-corrected chi connectivity index (χ4v) is 3.66. The first-order chi connectivity index (χ1) is 11.8. The van der Waals surface area contributed by atoms with Crippen molar-refractivity contribution in [1.82, 2.24) is 9.55 Å². The van der Waals surface area contributed by atoms with E-state index in [1.165, 1.54) is 0 Å². The van der Waals surface area contributed by atoms with E-state index in [1.54, 1.807) is 0 Å². The number of rotatable bonds is 7. The van der Waals surface area contributed by atoms with Gasteiger partial charge in [-0.1, -0.05) is 30.3 Å². The molecule has 0 fully saturated rings. The molecule has 4 nitrogen and oxygen atoms in total. The molecule has 0 amide bonds. The predicted octanol–water partition coefficient (Wildman–Crippen LogP) is 3.82. The summed E-state index contributed by atoms with van der Waals surface area (Å²) >= 11 is 0. The summed E-state index contributed by atoms with van der Waals surface area (Å²) in [6, 6.07) is 17.7. The van der Waals surface area contributed by atoms with Crippen molar-refractivity contribution in [3.63, 3.8) is 0 Å². The van der Waals surface area contributed by atoms with Crippen LogP contribution < -0.4 is 5.32 Å². The van der Waals surface area contributed by atoms with Crippen LogP contribution in [-0.2, 0) is 29.6 Å². The molecule has 0 radical (unpaired) electrons. The molecule has 3 rings (SSSR count). The fourth-order valence-electron chi connectivity index (χ4n) is 2.55. The van der Waals surface area contributed by atoms with Crippen molar-refractivity contribution in [3.05, 3.63) is 78.4 Å². The first-order valence-electron chi connectivity index (χ1n) is 8.02. The zero-order valence-corrected chi connectivity index (χ0v) is 14.5. The summed E-state index contributed by atoms with van der Waals surface area (Å²) in [5, 5.41) is 3.39. The van der Waals surface area contributed by atoms with E-state index in [-0.39, 0.29) is 0 Å². The third-order valence-electron chi connectivity index (χ3n) is 3.82. The minimum atomic E-state index is -1.03. The van der Waals surface area contributed by atoms with Crippen molar-refractivity contribution in [3.8, 4) is 0 Å². The molecule has 0 unspecified atom stereocenters. The summed E-state index contributed by atoms with van der Waals surface area (Å²) in [6.07, 6.45) is 3.80. The van der Waals surface area contributed by atoms with Crippen LogP contribution in [0.4, 0.5) is 5.69 Å². The zero-order valence-electron chi connectivity index (χ0n) is 13.7. The predicted molar refractivity (Wildman–Crippen MR) is 98.2 cm³/mol. The Hall–Kier alpha value is -2.40. The Labute approximate surface area is 145 Å². The molecule has 1 N–H and O–H groups in total. The Bertz CT molecular complexity index is 814. The monoisotopic (exact) mass is 339 g/mol. The number of aromatic nitrogens is 2. The second-order valence-corrected chi connectivity index (χ2v) is 6.94. The third kappa shape index (κ3) is 4.11. The third-order valence-corrected chi connectivity index (χ3v) is 5.22. The highest BCUT2D eigenvalue weighted by Crippen LogP contribution is 2.16. The second kappa shape index (κ2) is 7.93. The standard InChI is InChI=1S/C19H21N3OS/c1-2-22-12-11-20-19(22)14-21-17-8-6-7-16(13-17)15-24(23)18-9-4-3-5-10-18/h3-13,21H,2,14-15H2,1H3/t24-/m1/s1. The molecule has 0 aliphatic heterocycles. The summed E-state index contributed by atoms with van der Waals surface area (Å²) in [5.74, 6) is 1.53. The van der Waals surface area contributed by atoms with E-state index < -0.39 is 10.8 Å². The lowest BCUT2D eigenvalue weighted by atomic mass is 10.2. The van der Waals surface area contributed by atoms with Crippen LogP contribution in [0.5, 0.6) is 0 Å². The van der Waals surface area contributed by atoms with Gasteiger partial charge in [-0.05, 0) is 36.8 Å². The molecule has 24 heavy (non-hydrogen) atoms. The lowest BCUT2D eigenvalue weighted by molar-refractivity contribution is 0.682. The van der Waals surface area contributed by atoms with Crippen LogP contribution in [-0.4, -0.2) is 13.8 Å². The Balaban J connectivity index is 1.65. The smallest absolute Gasteiger partial charge is 0.128 e. The van der Waals surface area contributed by atoms with Gasteiger partial charge in [-0.15, -0.1) is 0 Å². The number of benzene rings is 2. The molecule has 2 aromatic carbocycles. The lowest BCUT2D eigenvalue weighted by Gasteiger charge is -2.09. The van der Waals surface area contributed by atoms with Gasteiger partial charge in [0.1, 0.15) is 5.82 Å². The molecular weight excluding hydrogens is 318 g/mol. The van der Waals surface area contributed by atoms with Gasteiger partial charge in [0.25, 0.3) is 0 Å². The van der Waals surface area contributed by atoms with E-state index in [0.29, 0.717) is 12.3 Å². The molecule has 0 aliphatic carbocycles. The molecular formula is C19H21N3OS. The van der Waals surface area contributed by atoms with E-state index in [2.05, 4.69) is 27.9 Å². The van der Waals surface area contributed by atoms with Crippen molar-refractivity contribution in [2.75, 3.05) is 5.32 Å². The number of hydrogen-bond acceptors (Lipinski definition) is 3. The van der Waals surface area contributed by atoms with Crippen LogP contribution in [0.25, 0.3) is 0 Å². The fraction of sp³-hybridized carbons (Fsp3) is 0.211. The van der Waals surface area contributed by atoms with Crippen LogP contribution >= 0.6 is 0 Å². The van der Waals surface area contributed by atoms with Crippen LogP contribution in [0.1, 0.15) is 18.3 Å². The summed E-state index contributed by atoms with van der Waals surface area (Å²) in [6.45, 7) is 3.68. The van der Waals surface area contributed by atoms with E-state index in [1.807, 2.05) is 60.9 Å². The normalized spacial score (nSPS) is 12.0. The molecule has 0 spiro atoms. The first-order valence-corrected chi connectivity index (χ1v) is 9.34. The summed E-state index contributed by atoms with van der Waals surface area (Å²) < 4.78 is 14.5. The minimum absolute atomic E-state index is 0.517. The molecule has 5 heteroatoms. The number of imidazole rings is 1. The van der Waals surface area contributed by atoms with Gasteiger partial charge in [0, 0.05) is 29.5 Å². The molecule has 0 aliphatic rings. The van der Waals surface area contributed by atoms with Gasteiger partial charge < -0.3 is 9.88 Å². The molecule has 1 aromatic heterocycles. The van der Waals surface area contributed by atoms with Gasteiger partial charge in [-0.2, -0.15) is 0 Å². The quantitative estimate of drug-likeness (QED) is 0.712. The molecule has 0 saturated carbocycles. The van der Waals surface area contributed by atoms with Crippen molar-refractivity contribution >= 4 is 16.5 Å². The highest BCUT2D eigenvalue weighted by atomic mass is 32.2. The molecule has 124 valence electrons. The Morgan fingerprint density at radius 1 is 1.12 bits per heavy atom. The molecule has 1 atom stereocenters. The second-order valence-electron chi connectivity index (χ2n) is 5.49. The Morgan fingerprint density at radius 3 is 2.75 bits per heavy atom. The van der Waals surface area contributed by atoms with Crippen molar-refractivity contribution in [2.45, 2.75) is 30.7 Å². The van der Waals surface area contributed by atoms with Gasteiger partial charge >= 0.3 is 0 Å². The lowest BCUT2D eigenvalue weighted by Crippen LogP contribution is -2.07. The summed E-state index contributed by atoms with van der Waals surface area (Å²) in [5.41, 5.74) is 2.07. The van der Waals surface area contributed by atoms with Crippen molar-refractivity contribution in [1.29, 1.82) is 0 Å². The largest absolute Gasteiger partial charge is 0.378 e. The number of nitrogens with one attached hydrogen (secondary N) is 1. The maximum Gasteiger partial charge on any atom is 0.128 e.